The van der Waals surface area contributed by atoms with Gasteiger partial charge < -0.3 is 5.11 Å². The molecule has 1 N–H and O–H groups in total. The van der Waals surface area contributed by atoms with E-state index < -0.39 is 29.4 Å². The lowest BCUT2D eigenvalue weighted by atomic mass is 10.1. The van der Waals surface area contributed by atoms with E-state index in [1.165, 1.54) is 6.92 Å². The Kier molecular flexibility index (Phi) is 1.40. The molecule has 0 amide bonds. The predicted octanol–water partition coefficient (Wildman–Crippen LogP) is -1.30. The zero-order valence-corrected chi connectivity index (χ0v) is 5.33. The van der Waals surface area contributed by atoms with Crippen molar-refractivity contribution in [1.82, 2.24) is 0 Å². The normalized spacial score (nSPS) is 33.6. The number of rotatable bonds is 0. The molecule has 2 unspecified atom stereocenters. The maximum atomic E-state index is 10.6. The minimum atomic E-state index is -1.40. The van der Waals surface area contributed by atoms with Crippen molar-refractivity contribution < 1.29 is 19.5 Å². The highest BCUT2D eigenvalue weighted by Gasteiger charge is 2.45. The van der Waals surface area contributed by atoms with Crippen LogP contribution in [0.25, 0.3) is 0 Å². The maximum absolute atomic E-state index is 10.6. The Morgan fingerprint density at radius 3 is 1.80 bits per heavy atom. The van der Waals surface area contributed by atoms with Crippen molar-refractivity contribution >= 4 is 17.3 Å². The van der Waals surface area contributed by atoms with Crippen LogP contribution in [0.3, 0.4) is 0 Å². The van der Waals surface area contributed by atoms with Crippen molar-refractivity contribution in [1.29, 1.82) is 0 Å². The summed E-state index contributed by atoms with van der Waals surface area (Å²) in [6.07, 6.45) is -1.40. The summed E-state index contributed by atoms with van der Waals surface area (Å²) in [7, 11) is 0. The molecule has 1 rings (SSSR count). The van der Waals surface area contributed by atoms with Gasteiger partial charge in [-0.2, -0.15) is 0 Å². The van der Waals surface area contributed by atoms with Crippen molar-refractivity contribution in [3.63, 3.8) is 0 Å². The molecule has 0 radical (unpaired) electrons. The lowest BCUT2D eigenvalue weighted by Crippen LogP contribution is -2.21. The van der Waals surface area contributed by atoms with Gasteiger partial charge in [0, 0.05) is 0 Å². The van der Waals surface area contributed by atoms with Gasteiger partial charge in [-0.1, -0.05) is 6.92 Å². The maximum Gasteiger partial charge on any atom is 0.267 e. The average molecular weight is 142 g/mol. The number of carbonyl (C=O) groups is 3. The molecule has 0 aromatic heterocycles. The van der Waals surface area contributed by atoms with E-state index in [0.29, 0.717) is 0 Å². The largest absolute Gasteiger partial charge is 0.384 e. The van der Waals surface area contributed by atoms with Crippen LogP contribution in [0.15, 0.2) is 0 Å². The summed E-state index contributed by atoms with van der Waals surface area (Å²) in [5.74, 6) is -3.67. The second kappa shape index (κ2) is 1.98. The van der Waals surface area contributed by atoms with Crippen LogP contribution in [0.4, 0.5) is 0 Å². The van der Waals surface area contributed by atoms with Crippen LogP contribution < -0.4 is 0 Å². The van der Waals surface area contributed by atoms with Crippen molar-refractivity contribution in [2.45, 2.75) is 13.0 Å². The van der Waals surface area contributed by atoms with E-state index >= 15 is 0 Å². The van der Waals surface area contributed by atoms with Crippen molar-refractivity contribution in [3.8, 4) is 0 Å². The second-order valence-corrected chi connectivity index (χ2v) is 2.29. The number of carbonyl (C=O) groups excluding carboxylic acids is 3. The monoisotopic (exact) mass is 142 g/mol. The van der Waals surface area contributed by atoms with Gasteiger partial charge in [-0.15, -0.1) is 0 Å². The average Bonchev–Trinajstić information content (AvgIpc) is 2.07. The Balaban J connectivity index is 3.00. The number of aliphatic hydroxyl groups is 1. The van der Waals surface area contributed by atoms with Gasteiger partial charge in [0.25, 0.3) is 5.78 Å². The van der Waals surface area contributed by atoms with Gasteiger partial charge in [-0.05, 0) is 0 Å². The van der Waals surface area contributed by atoms with E-state index in [1.54, 1.807) is 0 Å². The highest BCUT2D eigenvalue weighted by Crippen LogP contribution is 2.14. The standard InChI is InChI=1S/C6H6O4/c1-2-3(7)5(9)6(10)4(2)8/h2-3,7H,1H3. The molecule has 1 fully saturated rings. The van der Waals surface area contributed by atoms with Gasteiger partial charge >= 0.3 is 0 Å². The summed E-state index contributed by atoms with van der Waals surface area (Å²) in [6, 6.07) is 0. The van der Waals surface area contributed by atoms with Crippen LogP contribution in [0.5, 0.6) is 0 Å². The fraction of sp³-hybridized carbons (Fsp3) is 0.500. The van der Waals surface area contributed by atoms with Gasteiger partial charge in [0.1, 0.15) is 6.10 Å². The molecule has 0 spiro atoms. The first kappa shape index (κ1) is 7.08. The number of ketones is 3. The Morgan fingerprint density at radius 2 is 1.70 bits per heavy atom. The summed E-state index contributed by atoms with van der Waals surface area (Å²) >= 11 is 0. The van der Waals surface area contributed by atoms with Crippen LogP contribution in [0, 0.1) is 5.92 Å². The van der Waals surface area contributed by atoms with E-state index in [1.807, 2.05) is 0 Å². The Hall–Kier alpha value is -1.03. The minimum absolute atomic E-state index is 0.780. The summed E-state index contributed by atoms with van der Waals surface area (Å²) in [5.41, 5.74) is 0. The van der Waals surface area contributed by atoms with E-state index in [4.69, 9.17) is 5.11 Å². The molecule has 0 bridgehead atoms. The van der Waals surface area contributed by atoms with Crippen LogP contribution in [0.1, 0.15) is 6.92 Å². The quantitative estimate of drug-likeness (QED) is 0.427. The van der Waals surface area contributed by atoms with Crippen LogP contribution >= 0.6 is 0 Å². The molecular weight excluding hydrogens is 136 g/mol. The van der Waals surface area contributed by atoms with Crippen LogP contribution in [-0.4, -0.2) is 28.6 Å². The minimum Gasteiger partial charge on any atom is -0.384 e. The highest BCUT2D eigenvalue weighted by molar-refractivity contribution is 6.68. The Labute approximate surface area is 56.8 Å². The first-order valence-corrected chi connectivity index (χ1v) is 2.86. The third-order valence-corrected chi connectivity index (χ3v) is 1.60. The molecule has 0 saturated heterocycles. The fourth-order valence-electron chi connectivity index (χ4n) is 0.833. The first-order chi connectivity index (χ1) is 4.55. The number of aliphatic hydroxyl groups excluding tert-OH is 1. The fourth-order valence-corrected chi connectivity index (χ4v) is 0.833. The number of hydrogen-bond donors (Lipinski definition) is 1. The number of hydrogen-bond acceptors (Lipinski definition) is 4. The third kappa shape index (κ3) is 0.690. The molecule has 0 aliphatic heterocycles. The molecule has 4 heteroatoms. The lowest BCUT2D eigenvalue weighted by Gasteiger charge is -1.99. The van der Waals surface area contributed by atoms with Crippen LogP contribution in [-0.2, 0) is 14.4 Å². The Bertz CT molecular complexity index is 196. The summed E-state index contributed by atoms with van der Waals surface area (Å²) in [4.78, 5) is 31.6. The van der Waals surface area contributed by atoms with Gasteiger partial charge in [0.2, 0.25) is 11.6 Å². The SMILES string of the molecule is CC1C(=O)C(=O)C(=O)C1O. The van der Waals surface area contributed by atoms with Gasteiger partial charge in [0.05, 0.1) is 5.92 Å². The lowest BCUT2D eigenvalue weighted by molar-refractivity contribution is -0.141. The molecule has 54 valence electrons. The van der Waals surface area contributed by atoms with E-state index in [0.717, 1.165) is 0 Å². The molecule has 0 aromatic rings. The summed E-state index contributed by atoms with van der Waals surface area (Å²) < 4.78 is 0. The van der Waals surface area contributed by atoms with Gasteiger partial charge in [0.15, 0.2) is 0 Å². The van der Waals surface area contributed by atoms with Crippen molar-refractivity contribution in [3.05, 3.63) is 0 Å². The molecule has 0 heterocycles. The second-order valence-electron chi connectivity index (χ2n) is 2.29. The first-order valence-electron chi connectivity index (χ1n) is 2.86. The van der Waals surface area contributed by atoms with E-state index in [2.05, 4.69) is 0 Å². The van der Waals surface area contributed by atoms with E-state index in [9.17, 15) is 14.4 Å². The van der Waals surface area contributed by atoms with Crippen LogP contribution in [0.2, 0.25) is 0 Å². The molecule has 1 saturated carbocycles. The topological polar surface area (TPSA) is 71.4 Å². The van der Waals surface area contributed by atoms with Gasteiger partial charge in [-0.3, -0.25) is 14.4 Å². The summed E-state index contributed by atoms with van der Waals surface area (Å²) in [5, 5.41) is 8.82. The predicted molar refractivity (Wildman–Crippen MR) is 30.2 cm³/mol. The molecule has 1 aliphatic carbocycles. The third-order valence-electron chi connectivity index (χ3n) is 1.60. The smallest absolute Gasteiger partial charge is 0.267 e. The van der Waals surface area contributed by atoms with Crippen molar-refractivity contribution in [2.75, 3.05) is 0 Å². The molecule has 2 atom stereocenters. The van der Waals surface area contributed by atoms with Gasteiger partial charge in [-0.25, -0.2) is 0 Å². The van der Waals surface area contributed by atoms with E-state index in [-0.39, 0.29) is 0 Å². The Morgan fingerprint density at radius 1 is 1.20 bits per heavy atom. The zero-order valence-electron chi connectivity index (χ0n) is 5.33. The number of Topliss-reactive ketones (excluding diaryl/α,β-unsaturated/α-hetero) is 3. The highest BCUT2D eigenvalue weighted by atomic mass is 16.3. The molecule has 10 heavy (non-hydrogen) atoms. The molecule has 0 aromatic carbocycles. The summed E-state index contributed by atoms with van der Waals surface area (Å²) in [6.45, 7) is 1.36. The van der Waals surface area contributed by atoms with Crippen molar-refractivity contribution in [2.24, 2.45) is 5.92 Å². The molecule has 1 aliphatic rings. The zero-order chi connectivity index (χ0) is 7.89. The molecule has 4 nitrogen and oxygen atoms in total. The molecular formula is C6H6O4.